The Labute approximate surface area is 182 Å². The number of aromatic nitrogens is 1. The van der Waals surface area contributed by atoms with E-state index in [0.29, 0.717) is 48.8 Å². The van der Waals surface area contributed by atoms with Gasteiger partial charge in [0.05, 0.1) is 11.7 Å². The summed E-state index contributed by atoms with van der Waals surface area (Å²) >= 11 is 1.40. The molecule has 1 aromatic heterocycles. The van der Waals surface area contributed by atoms with E-state index in [0.717, 1.165) is 31.6 Å². The van der Waals surface area contributed by atoms with Gasteiger partial charge in [-0.1, -0.05) is 0 Å². The van der Waals surface area contributed by atoms with Crippen molar-refractivity contribution >= 4 is 53.1 Å². The molecule has 3 fully saturated rings. The van der Waals surface area contributed by atoms with Crippen LogP contribution in [0, 0.1) is 11.8 Å². The van der Waals surface area contributed by atoms with Crippen LogP contribution in [-0.4, -0.2) is 53.4 Å². The predicted octanol–water partition coefficient (Wildman–Crippen LogP) is 1.61. The van der Waals surface area contributed by atoms with Gasteiger partial charge in [-0.3, -0.25) is 9.59 Å². The largest absolute Gasteiger partial charge is 0.375 e. The van der Waals surface area contributed by atoms with E-state index < -0.39 is 0 Å². The molecule has 0 aliphatic carbocycles. The molecule has 158 valence electrons. The number of nitrogens with one attached hydrogen (secondary N) is 2. The van der Waals surface area contributed by atoms with E-state index in [1.807, 2.05) is 5.38 Å². The van der Waals surface area contributed by atoms with Gasteiger partial charge < -0.3 is 21.3 Å². The van der Waals surface area contributed by atoms with E-state index in [9.17, 15) is 9.59 Å². The Kier molecular flexibility index (Phi) is 8.36. The molecule has 10 heteroatoms. The fourth-order valence-corrected chi connectivity index (χ4v) is 5.48. The average molecular weight is 450 g/mol. The topological polar surface area (TPSA) is 100 Å². The number of amides is 2. The Bertz CT molecular complexity index is 689. The third kappa shape index (κ3) is 4.90. The van der Waals surface area contributed by atoms with Gasteiger partial charge in [-0.15, -0.1) is 36.2 Å². The van der Waals surface area contributed by atoms with Crippen molar-refractivity contribution in [1.82, 2.24) is 20.5 Å². The maximum absolute atomic E-state index is 12.6. The molecule has 2 bridgehead atoms. The smallest absolute Gasteiger partial charge is 0.223 e. The highest BCUT2D eigenvalue weighted by atomic mass is 35.5. The standard InChI is InChI=1S/C18H27N5O2S.2ClH/c19-18-22-13(10-26-18)4-5-16(24)21-9-15-12-6-11(7-20-8-12)14-2-1-3-17(25)23(14)15;;/h10-12,14-15,20H,1-9H2,(H2,19,22)(H,21,24);2*1H/t11-,12+,14+,15+;;/m1../s1. The molecule has 4 N–H and O–H groups in total. The first-order valence-corrected chi connectivity index (χ1v) is 10.5. The molecule has 2 amide bonds. The van der Waals surface area contributed by atoms with E-state index in [1.54, 1.807) is 0 Å². The molecule has 4 rings (SSSR count). The summed E-state index contributed by atoms with van der Waals surface area (Å²) in [5.74, 6) is 1.30. The Balaban J connectivity index is 0.00000140. The van der Waals surface area contributed by atoms with E-state index in [2.05, 4.69) is 20.5 Å². The summed E-state index contributed by atoms with van der Waals surface area (Å²) < 4.78 is 0. The van der Waals surface area contributed by atoms with Gasteiger partial charge >= 0.3 is 0 Å². The van der Waals surface area contributed by atoms with Crippen molar-refractivity contribution in [2.24, 2.45) is 11.8 Å². The zero-order valence-corrected chi connectivity index (χ0v) is 18.2. The first-order chi connectivity index (χ1) is 12.6. The second-order valence-electron chi connectivity index (χ2n) is 7.72. The number of carbonyl (C=O) groups is 2. The molecule has 0 saturated carbocycles. The Morgan fingerprint density at radius 1 is 1.36 bits per heavy atom. The Hall–Kier alpha value is -1.09. The van der Waals surface area contributed by atoms with Gasteiger partial charge in [0.15, 0.2) is 5.13 Å². The van der Waals surface area contributed by atoms with Crippen molar-refractivity contribution in [2.75, 3.05) is 25.4 Å². The summed E-state index contributed by atoms with van der Waals surface area (Å²) in [6.45, 7) is 2.51. The number of hydrogen-bond acceptors (Lipinski definition) is 6. The van der Waals surface area contributed by atoms with Crippen LogP contribution < -0.4 is 16.4 Å². The van der Waals surface area contributed by atoms with Gasteiger partial charge in [0.1, 0.15) is 0 Å². The minimum absolute atomic E-state index is 0. The van der Waals surface area contributed by atoms with Gasteiger partial charge in [-0.25, -0.2) is 4.98 Å². The van der Waals surface area contributed by atoms with Crippen LogP contribution in [0.15, 0.2) is 5.38 Å². The normalized spacial score (nSPS) is 28.6. The van der Waals surface area contributed by atoms with E-state index >= 15 is 0 Å². The summed E-state index contributed by atoms with van der Waals surface area (Å²) in [5.41, 5.74) is 6.49. The molecule has 7 nitrogen and oxygen atoms in total. The van der Waals surface area contributed by atoms with Crippen LogP contribution in [0.25, 0.3) is 0 Å². The van der Waals surface area contributed by atoms with Crippen molar-refractivity contribution in [3.63, 3.8) is 0 Å². The number of nitrogens with two attached hydrogens (primary N) is 1. The lowest BCUT2D eigenvalue weighted by molar-refractivity contribution is -0.149. The Morgan fingerprint density at radius 2 is 2.14 bits per heavy atom. The number of halogens is 2. The molecule has 3 aliphatic rings. The van der Waals surface area contributed by atoms with Crippen LogP contribution in [0.3, 0.4) is 0 Å². The Morgan fingerprint density at radius 3 is 2.89 bits per heavy atom. The first kappa shape index (κ1) is 23.2. The molecule has 4 heterocycles. The monoisotopic (exact) mass is 449 g/mol. The van der Waals surface area contributed by atoms with Crippen molar-refractivity contribution in [2.45, 2.75) is 50.6 Å². The minimum atomic E-state index is 0. The number of hydrogen-bond donors (Lipinski definition) is 3. The van der Waals surface area contributed by atoms with Crippen LogP contribution in [0.2, 0.25) is 0 Å². The zero-order chi connectivity index (χ0) is 18.1. The molecule has 4 atom stereocenters. The van der Waals surface area contributed by atoms with Crippen LogP contribution in [0.1, 0.15) is 37.8 Å². The summed E-state index contributed by atoms with van der Waals surface area (Å²) in [5, 5.41) is 9.04. The van der Waals surface area contributed by atoms with Crippen LogP contribution >= 0.6 is 36.2 Å². The SMILES string of the molecule is Cl.Cl.Nc1nc(CCC(=O)NC[C@H]2[C@@H]3CNC[C@@H](C3)[C@@H]3CCCC(=O)N32)cs1. The van der Waals surface area contributed by atoms with Crippen molar-refractivity contribution in [3.05, 3.63) is 11.1 Å². The van der Waals surface area contributed by atoms with E-state index in [1.165, 1.54) is 17.8 Å². The maximum atomic E-state index is 12.6. The lowest BCUT2D eigenvalue weighted by atomic mass is 9.72. The highest BCUT2D eigenvalue weighted by Gasteiger charge is 2.47. The number of thiazole rings is 1. The van der Waals surface area contributed by atoms with Crippen LogP contribution in [0.4, 0.5) is 5.13 Å². The fraction of sp³-hybridized carbons (Fsp3) is 0.722. The molecular formula is C18H29Cl2N5O2S. The molecule has 0 radical (unpaired) electrons. The van der Waals surface area contributed by atoms with Crippen molar-refractivity contribution in [3.8, 4) is 0 Å². The molecule has 0 aromatic carbocycles. The lowest BCUT2D eigenvalue weighted by Crippen LogP contribution is -2.66. The molecule has 1 aromatic rings. The molecule has 28 heavy (non-hydrogen) atoms. The van der Waals surface area contributed by atoms with Gasteiger partial charge in [0, 0.05) is 37.4 Å². The number of aryl methyl sites for hydroxylation is 1. The highest BCUT2D eigenvalue weighted by molar-refractivity contribution is 7.13. The third-order valence-electron chi connectivity index (χ3n) is 6.09. The number of nitrogens with zero attached hydrogens (tertiary/aromatic N) is 2. The van der Waals surface area contributed by atoms with E-state index in [4.69, 9.17) is 5.73 Å². The van der Waals surface area contributed by atoms with Gasteiger partial charge in [0.2, 0.25) is 11.8 Å². The predicted molar refractivity (Wildman–Crippen MR) is 115 cm³/mol. The van der Waals surface area contributed by atoms with Crippen molar-refractivity contribution < 1.29 is 9.59 Å². The second kappa shape index (κ2) is 10.1. The van der Waals surface area contributed by atoms with Gasteiger partial charge in [-0.2, -0.15) is 0 Å². The number of fused-ring (bicyclic) bond motifs is 4. The second-order valence-corrected chi connectivity index (χ2v) is 8.61. The fourth-order valence-electron chi connectivity index (χ4n) is 4.88. The van der Waals surface area contributed by atoms with Gasteiger partial charge in [0.25, 0.3) is 0 Å². The van der Waals surface area contributed by atoms with Crippen LogP contribution in [-0.2, 0) is 16.0 Å². The summed E-state index contributed by atoms with van der Waals surface area (Å²) in [6.07, 6.45) is 4.91. The lowest BCUT2D eigenvalue weighted by Gasteiger charge is -2.54. The molecule has 3 saturated heterocycles. The van der Waals surface area contributed by atoms with Gasteiger partial charge in [-0.05, 0) is 44.1 Å². The van der Waals surface area contributed by atoms with Crippen LogP contribution in [0.5, 0.6) is 0 Å². The summed E-state index contributed by atoms with van der Waals surface area (Å²) in [4.78, 5) is 31.2. The first-order valence-electron chi connectivity index (χ1n) is 9.60. The highest BCUT2D eigenvalue weighted by Crippen LogP contribution is 2.39. The maximum Gasteiger partial charge on any atom is 0.223 e. The quantitative estimate of drug-likeness (QED) is 0.633. The third-order valence-corrected chi connectivity index (χ3v) is 6.81. The molecule has 3 aliphatic heterocycles. The zero-order valence-electron chi connectivity index (χ0n) is 15.8. The average Bonchev–Trinajstić information content (AvgIpc) is 3.06. The summed E-state index contributed by atoms with van der Waals surface area (Å²) in [6, 6.07) is 0.468. The minimum Gasteiger partial charge on any atom is -0.375 e. The number of piperidine rings is 3. The number of carbonyl (C=O) groups excluding carboxylic acids is 2. The molecule has 0 unspecified atom stereocenters. The molecular weight excluding hydrogens is 421 g/mol. The molecule has 0 spiro atoms. The number of anilines is 1. The summed E-state index contributed by atoms with van der Waals surface area (Å²) in [7, 11) is 0. The van der Waals surface area contributed by atoms with Crippen molar-refractivity contribution in [1.29, 1.82) is 0 Å². The number of rotatable bonds is 5. The van der Waals surface area contributed by atoms with E-state index in [-0.39, 0.29) is 42.7 Å². The number of nitrogen functional groups attached to an aromatic ring is 1.